The van der Waals surface area contributed by atoms with Crippen LogP contribution in [0.1, 0.15) is 6.92 Å². The predicted octanol–water partition coefficient (Wildman–Crippen LogP) is -1.37. The number of carbonyl (C=O) groups excluding carboxylic acids is 1. The number of alkyl halides is 1. The van der Waals surface area contributed by atoms with Crippen molar-refractivity contribution in [1.82, 2.24) is 0 Å². The van der Waals surface area contributed by atoms with Gasteiger partial charge in [0, 0.05) is 0 Å². The molecule has 0 aromatic rings. The molecule has 0 spiro atoms. The first kappa shape index (κ1) is 10.5. The van der Waals surface area contributed by atoms with E-state index in [1.165, 1.54) is 0 Å². The fourth-order valence-corrected chi connectivity index (χ4v) is 0.546. The Hall–Kier alpha value is -0.520. The number of hydrogen-bond acceptors (Lipinski definition) is 4. The van der Waals surface area contributed by atoms with Gasteiger partial charge < -0.3 is 15.3 Å². The van der Waals surface area contributed by atoms with Crippen LogP contribution in [0.15, 0.2) is 0 Å². The van der Waals surface area contributed by atoms with E-state index < -0.39 is 24.5 Å². The molecule has 5 heteroatoms. The zero-order valence-corrected chi connectivity index (χ0v) is 6.07. The van der Waals surface area contributed by atoms with Gasteiger partial charge in [-0.15, -0.1) is 0 Å². The molecule has 0 saturated heterocycles. The fourth-order valence-electron chi connectivity index (χ4n) is 0.546. The maximum atomic E-state index is 12.8. The Morgan fingerprint density at radius 2 is 2.09 bits per heavy atom. The largest absolute Gasteiger partial charge is 0.394 e. The Balaban J connectivity index is 4.21. The van der Waals surface area contributed by atoms with Crippen molar-refractivity contribution in [3.63, 3.8) is 0 Å². The van der Waals surface area contributed by atoms with Gasteiger partial charge in [0.25, 0.3) is 0 Å². The first-order valence-electron chi connectivity index (χ1n) is 3.08. The number of aldehydes is 1. The van der Waals surface area contributed by atoms with Gasteiger partial charge in [-0.25, -0.2) is 4.39 Å². The van der Waals surface area contributed by atoms with E-state index in [2.05, 4.69) is 0 Å². The van der Waals surface area contributed by atoms with Crippen molar-refractivity contribution in [3.05, 3.63) is 0 Å². The van der Waals surface area contributed by atoms with E-state index in [4.69, 9.17) is 15.3 Å². The smallest absolute Gasteiger partial charge is 0.191 e. The first-order chi connectivity index (χ1) is 4.95. The van der Waals surface area contributed by atoms with Crippen molar-refractivity contribution >= 4 is 6.29 Å². The van der Waals surface area contributed by atoms with E-state index in [1.807, 2.05) is 0 Å². The van der Waals surface area contributed by atoms with E-state index in [-0.39, 0.29) is 6.29 Å². The molecule has 0 aliphatic heterocycles. The molecule has 3 N–H and O–H groups in total. The number of hydrogen-bond donors (Lipinski definition) is 3. The van der Waals surface area contributed by atoms with Crippen LogP contribution in [0.25, 0.3) is 0 Å². The van der Waals surface area contributed by atoms with Crippen molar-refractivity contribution in [2.75, 3.05) is 6.61 Å². The third kappa shape index (κ3) is 2.53. The highest BCUT2D eigenvalue weighted by Gasteiger charge is 2.37. The van der Waals surface area contributed by atoms with Crippen molar-refractivity contribution in [2.24, 2.45) is 0 Å². The minimum atomic E-state index is -2.51. The minimum absolute atomic E-state index is 0.115. The summed E-state index contributed by atoms with van der Waals surface area (Å²) in [6.07, 6.45) is -3.63. The lowest BCUT2D eigenvalue weighted by molar-refractivity contribution is -0.133. The Morgan fingerprint density at radius 1 is 1.64 bits per heavy atom. The maximum absolute atomic E-state index is 12.8. The number of carbonyl (C=O) groups is 1. The topological polar surface area (TPSA) is 77.8 Å². The summed E-state index contributed by atoms with van der Waals surface area (Å²) in [5.41, 5.74) is -2.51. The lowest BCUT2D eigenvalue weighted by atomic mass is 9.99. The van der Waals surface area contributed by atoms with E-state index in [1.54, 1.807) is 0 Å². The number of aliphatic hydroxyl groups is 3. The van der Waals surface area contributed by atoms with Gasteiger partial charge in [0.2, 0.25) is 0 Å². The molecule has 66 valence electrons. The van der Waals surface area contributed by atoms with E-state index in [9.17, 15) is 9.18 Å². The molecule has 0 radical (unpaired) electrons. The predicted molar refractivity (Wildman–Crippen MR) is 34.7 cm³/mol. The van der Waals surface area contributed by atoms with Gasteiger partial charge in [0.1, 0.15) is 12.2 Å². The molecule has 0 aromatic carbocycles. The van der Waals surface area contributed by atoms with Crippen LogP contribution in [0, 0.1) is 0 Å². The minimum Gasteiger partial charge on any atom is -0.394 e. The van der Waals surface area contributed by atoms with Crippen LogP contribution in [-0.4, -0.2) is 46.1 Å². The molecule has 0 unspecified atom stereocenters. The standard InChI is InChI=1S/C6H11FO4/c1-6(7,3-9)5(11)4(10)2-8/h3-5,8,10-11H,2H2,1H3/t4-,5-,6+/m1/s1. The average molecular weight is 166 g/mol. The first-order valence-corrected chi connectivity index (χ1v) is 3.08. The average Bonchev–Trinajstić information content (AvgIpc) is 2.01. The molecule has 0 saturated carbocycles. The van der Waals surface area contributed by atoms with E-state index in [0.29, 0.717) is 0 Å². The number of aliphatic hydroxyl groups excluding tert-OH is 3. The summed E-state index contributed by atoms with van der Waals surface area (Å²) in [4.78, 5) is 9.96. The summed E-state index contributed by atoms with van der Waals surface area (Å²) in [6.45, 7) is 0.0397. The molecular formula is C6H11FO4. The van der Waals surface area contributed by atoms with Gasteiger partial charge >= 0.3 is 0 Å². The summed E-state index contributed by atoms with van der Waals surface area (Å²) in [5, 5.41) is 25.8. The normalized spacial score (nSPS) is 21.9. The van der Waals surface area contributed by atoms with Crippen molar-refractivity contribution < 1.29 is 24.5 Å². The SMILES string of the molecule is C[C@](F)(C=O)[C@H](O)[C@H](O)CO. The highest BCUT2D eigenvalue weighted by molar-refractivity contribution is 5.62. The van der Waals surface area contributed by atoms with E-state index in [0.717, 1.165) is 6.92 Å². The second-order valence-electron chi connectivity index (χ2n) is 2.46. The fraction of sp³-hybridized carbons (Fsp3) is 0.833. The molecule has 0 rings (SSSR count). The summed E-state index contributed by atoms with van der Waals surface area (Å²) < 4.78 is 12.8. The number of rotatable bonds is 4. The van der Waals surface area contributed by atoms with Crippen LogP contribution >= 0.6 is 0 Å². The van der Waals surface area contributed by atoms with Crippen molar-refractivity contribution in [2.45, 2.75) is 24.8 Å². The third-order valence-corrected chi connectivity index (χ3v) is 1.36. The van der Waals surface area contributed by atoms with E-state index >= 15 is 0 Å². The molecule has 0 aliphatic rings. The lowest BCUT2D eigenvalue weighted by Gasteiger charge is -2.23. The van der Waals surface area contributed by atoms with Gasteiger partial charge in [0.15, 0.2) is 12.0 Å². The lowest BCUT2D eigenvalue weighted by Crippen LogP contribution is -2.46. The summed E-state index contributed by atoms with van der Waals surface area (Å²) >= 11 is 0. The molecule has 0 heterocycles. The summed E-state index contributed by atoms with van der Waals surface area (Å²) in [7, 11) is 0. The second kappa shape index (κ2) is 3.75. The van der Waals surface area contributed by atoms with Crippen LogP contribution in [0.4, 0.5) is 4.39 Å². The molecular weight excluding hydrogens is 155 g/mol. The molecule has 4 nitrogen and oxygen atoms in total. The van der Waals surface area contributed by atoms with Gasteiger partial charge in [-0.3, -0.25) is 4.79 Å². The van der Waals surface area contributed by atoms with Gasteiger partial charge in [-0.2, -0.15) is 0 Å². The second-order valence-corrected chi connectivity index (χ2v) is 2.46. The molecule has 11 heavy (non-hydrogen) atoms. The summed E-state index contributed by atoms with van der Waals surface area (Å²) in [6, 6.07) is 0. The Bertz CT molecular complexity index is 137. The molecule has 3 atom stereocenters. The van der Waals surface area contributed by atoms with Crippen LogP contribution in [-0.2, 0) is 4.79 Å². The monoisotopic (exact) mass is 166 g/mol. The Kier molecular flexibility index (Phi) is 3.57. The highest BCUT2D eigenvalue weighted by Crippen LogP contribution is 2.15. The molecule has 0 aliphatic carbocycles. The van der Waals surface area contributed by atoms with Crippen molar-refractivity contribution in [1.29, 1.82) is 0 Å². The van der Waals surface area contributed by atoms with Crippen LogP contribution in [0.5, 0.6) is 0 Å². The molecule has 0 fully saturated rings. The van der Waals surface area contributed by atoms with Gasteiger partial charge in [0.05, 0.1) is 6.61 Å². The third-order valence-electron chi connectivity index (χ3n) is 1.36. The number of halogens is 1. The molecule has 0 amide bonds. The quantitative estimate of drug-likeness (QED) is 0.450. The zero-order valence-electron chi connectivity index (χ0n) is 6.07. The summed E-state index contributed by atoms with van der Waals surface area (Å²) in [5.74, 6) is 0. The molecule has 0 bridgehead atoms. The Labute approximate surface area is 63.3 Å². The Morgan fingerprint density at radius 3 is 2.36 bits per heavy atom. The van der Waals surface area contributed by atoms with Crippen molar-refractivity contribution in [3.8, 4) is 0 Å². The van der Waals surface area contributed by atoms with Crippen LogP contribution in [0.3, 0.4) is 0 Å². The zero-order chi connectivity index (χ0) is 9.07. The van der Waals surface area contributed by atoms with Crippen LogP contribution in [0.2, 0.25) is 0 Å². The maximum Gasteiger partial charge on any atom is 0.191 e. The van der Waals surface area contributed by atoms with Gasteiger partial charge in [-0.1, -0.05) is 0 Å². The highest BCUT2D eigenvalue weighted by atomic mass is 19.1. The van der Waals surface area contributed by atoms with Crippen LogP contribution < -0.4 is 0 Å². The van der Waals surface area contributed by atoms with Gasteiger partial charge in [-0.05, 0) is 6.92 Å². The molecule has 0 aromatic heterocycles.